The summed E-state index contributed by atoms with van der Waals surface area (Å²) in [6, 6.07) is 5.04. The normalized spacial score (nSPS) is 13.6. The Morgan fingerprint density at radius 1 is 1.45 bits per heavy atom. The summed E-state index contributed by atoms with van der Waals surface area (Å²) in [7, 11) is -3.41. The number of nitrogens with zero attached hydrogens (tertiary/aromatic N) is 1. The molecular formula is C13H17ClN2O3S. The van der Waals surface area contributed by atoms with Crippen molar-refractivity contribution in [2.75, 3.05) is 16.4 Å². The van der Waals surface area contributed by atoms with Crippen LogP contribution in [0.25, 0.3) is 11.1 Å². The molecule has 7 heteroatoms. The number of hydrogen-bond acceptors (Lipinski definition) is 4. The van der Waals surface area contributed by atoms with Crippen LogP contribution in [0.3, 0.4) is 0 Å². The van der Waals surface area contributed by atoms with Gasteiger partial charge in [-0.25, -0.2) is 13.4 Å². The monoisotopic (exact) mass is 316 g/mol. The van der Waals surface area contributed by atoms with Gasteiger partial charge in [0.1, 0.15) is 5.52 Å². The molecule has 0 saturated heterocycles. The van der Waals surface area contributed by atoms with E-state index in [4.69, 9.17) is 16.0 Å². The predicted molar refractivity (Wildman–Crippen MR) is 80.7 cm³/mol. The van der Waals surface area contributed by atoms with Gasteiger partial charge in [0.2, 0.25) is 10.0 Å². The van der Waals surface area contributed by atoms with Crippen molar-refractivity contribution in [1.29, 1.82) is 0 Å². The largest absolute Gasteiger partial charge is 0.441 e. The van der Waals surface area contributed by atoms with E-state index in [1.165, 1.54) is 0 Å². The van der Waals surface area contributed by atoms with Crippen LogP contribution in [0.2, 0.25) is 0 Å². The van der Waals surface area contributed by atoms with Gasteiger partial charge in [-0.15, -0.1) is 11.6 Å². The van der Waals surface area contributed by atoms with Crippen molar-refractivity contribution >= 4 is 38.4 Å². The molecular weight excluding hydrogens is 300 g/mol. The Kier molecular flexibility index (Phi) is 4.55. The molecule has 0 aliphatic heterocycles. The Hall–Kier alpha value is -1.27. The summed E-state index contributed by atoms with van der Waals surface area (Å²) in [5.74, 6) is 0.837. The first-order valence-electron chi connectivity index (χ1n) is 6.39. The number of anilines is 1. The molecule has 1 aromatic heterocycles. The third kappa shape index (κ3) is 3.64. The molecule has 0 bridgehead atoms. The van der Waals surface area contributed by atoms with Crippen molar-refractivity contribution in [2.24, 2.45) is 5.92 Å². The molecule has 1 aromatic carbocycles. The fourth-order valence-electron chi connectivity index (χ4n) is 1.83. The van der Waals surface area contributed by atoms with Crippen molar-refractivity contribution < 1.29 is 12.8 Å². The number of rotatable bonds is 6. The van der Waals surface area contributed by atoms with E-state index in [9.17, 15) is 8.42 Å². The van der Waals surface area contributed by atoms with Crippen LogP contribution in [0.4, 0.5) is 5.69 Å². The van der Waals surface area contributed by atoms with Gasteiger partial charge in [0, 0.05) is 12.3 Å². The first kappa shape index (κ1) is 15.1. The highest BCUT2D eigenvalue weighted by Gasteiger charge is 2.16. The maximum atomic E-state index is 12.0. The zero-order valence-corrected chi connectivity index (χ0v) is 13.0. The van der Waals surface area contributed by atoms with Crippen molar-refractivity contribution in [3.05, 3.63) is 24.1 Å². The summed E-state index contributed by atoms with van der Waals surface area (Å²) in [5.41, 5.74) is 1.78. The molecule has 0 amide bonds. The molecule has 110 valence electrons. The van der Waals surface area contributed by atoms with Gasteiger partial charge in [0.15, 0.2) is 11.5 Å². The summed E-state index contributed by atoms with van der Waals surface area (Å²) in [6.07, 6.45) is 0.697. The lowest BCUT2D eigenvalue weighted by molar-refractivity contribution is 0.538. The highest BCUT2D eigenvalue weighted by atomic mass is 35.5. The second-order valence-electron chi connectivity index (χ2n) is 4.79. The molecule has 2 aromatic rings. The fourth-order valence-corrected chi connectivity index (χ4v) is 3.51. The highest BCUT2D eigenvalue weighted by Crippen LogP contribution is 2.21. The van der Waals surface area contributed by atoms with Gasteiger partial charge in [0.25, 0.3) is 0 Å². The minimum Gasteiger partial charge on any atom is -0.441 e. The van der Waals surface area contributed by atoms with E-state index in [1.807, 2.05) is 6.92 Å². The topological polar surface area (TPSA) is 72.2 Å². The van der Waals surface area contributed by atoms with E-state index < -0.39 is 10.0 Å². The number of aromatic nitrogens is 1. The molecule has 0 aliphatic rings. The molecule has 2 rings (SSSR count). The van der Waals surface area contributed by atoms with Crippen molar-refractivity contribution in [2.45, 2.75) is 20.3 Å². The Bertz CT molecular complexity index is 697. The number of fused-ring (bicyclic) bond motifs is 1. The van der Waals surface area contributed by atoms with Crippen molar-refractivity contribution in [3.63, 3.8) is 0 Å². The van der Waals surface area contributed by atoms with E-state index in [0.717, 1.165) is 0 Å². The molecule has 1 atom stereocenters. The molecule has 1 N–H and O–H groups in total. The number of halogens is 1. The first-order valence-corrected chi connectivity index (χ1v) is 8.58. The number of nitrogens with one attached hydrogen (secondary N) is 1. The van der Waals surface area contributed by atoms with Gasteiger partial charge in [0.05, 0.1) is 11.4 Å². The van der Waals surface area contributed by atoms with Crippen LogP contribution in [0.1, 0.15) is 19.7 Å². The molecule has 0 spiro atoms. The zero-order chi connectivity index (χ0) is 14.8. The van der Waals surface area contributed by atoms with Crippen LogP contribution in [-0.4, -0.2) is 25.0 Å². The number of alkyl halides is 1. The lowest BCUT2D eigenvalue weighted by Crippen LogP contribution is -2.22. The van der Waals surface area contributed by atoms with Crippen LogP contribution in [0.5, 0.6) is 0 Å². The Labute approximate surface area is 123 Å². The lowest BCUT2D eigenvalue weighted by atomic mass is 10.3. The van der Waals surface area contributed by atoms with Crippen LogP contribution in [-0.2, 0) is 16.4 Å². The number of hydrogen-bond donors (Lipinski definition) is 1. The molecule has 20 heavy (non-hydrogen) atoms. The van der Waals surface area contributed by atoms with Gasteiger partial charge in [-0.3, -0.25) is 4.72 Å². The molecule has 0 aliphatic carbocycles. The van der Waals surface area contributed by atoms with Gasteiger partial charge < -0.3 is 4.42 Å². The summed E-state index contributed by atoms with van der Waals surface area (Å²) >= 11 is 5.64. The van der Waals surface area contributed by atoms with Crippen molar-refractivity contribution in [1.82, 2.24) is 4.98 Å². The van der Waals surface area contributed by atoms with E-state index in [1.54, 1.807) is 25.1 Å². The second kappa shape index (κ2) is 6.01. The summed E-state index contributed by atoms with van der Waals surface area (Å²) in [4.78, 5) is 4.28. The Morgan fingerprint density at radius 3 is 2.85 bits per heavy atom. The van der Waals surface area contributed by atoms with Crippen molar-refractivity contribution in [3.8, 4) is 0 Å². The van der Waals surface area contributed by atoms with Gasteiger partial charge >= 0.3 is 0 Å². The molecule has 0 saturated carbocycles. The van der Waals surface area contributed by atoms with E-state index in [0.29, 0.717) is 35.0 Å². The summed E-state index contributed by atoms with van der Waals surface area (Å²) in [5, 5.41) is 0. The highest BCUT2D eigenvalue weighted by molar-refractivity contribution is 7.92. The van der Waals surface area contributed by atoms with Gasteiger partial charge in [-0.1, -0.05) is 13.8 Å². The van der Waals surface area contributed by atoms with Crippen LogP contribution in [0, 0.1) is 5.92 Å². The summed E-state index contributed by atoms with van der Waals surface area (Å²) in [6.45, 7) is 3.74. The molecule has 1 unspecified atom stereocenters. The lowest BCUT2D eigenvalue weighted by Gasteiger charge is -2.10. The average Bonchev–Trinajstić information content (AvgIpc) is 2.79. The molecule has 1 heterocycles. The standard InChI is InChI=1S/C13H17ClN2O3S/c1-3-13-15-11-6-10(4-5-12(11)19-13)16-20(17,18)8-9(2)7-14/h4-6,9,16H,3,7-8H2,1-2H3. The van der Waals surface area contributed by atoms with Crippen LogP contribution < -0.4 is 4.72 Å². The van der Waals surface area contributed by atoms with E-state index in [-0.39, 0.29) is 11.7 Å². The summed E-state index contributed by atoms with van der Waals surface area (Å²) < 4.78 is 31.9. The SMILES string of the molecule is CCc1nc2cc(NS(=O)(=O)CC(C)CCl)ccc2o1. The molecule has 0 radical (unpaired) electrons. The number of benzene rings is 1. The van der Waals surface area contributed by atoms with E-state index >= 15 is 0 Å². The number of aryl methyl sites for hydroxylation is 1. The minimum atomic E-state index is -3.41. The molecule has 0 fully saturated rings. The van der Waals surface area contributed by atoms with Gasteiger partial charge in [-0.2, -0.15) is 0 Å². The Morgan fingerprint density at radius 2 is 2.20 bits per heavy atom. The Balaban J connectivity index is 2.21. The van der Waals surface area contributed by atoms with Crippen LogP contribution in [0.15, 0.2) is 22.6 Å². The average molecular weight is 317 g/mol. The van der Waals surface area contributed by atoms with E-state index in [2.05, 4.69) is 9.71 Å². The second-order valence-corrected chi connectivity index (χ2v) is 6.86. The predicted octanol–water partition coefficient (Wildman–Crippen LogP) is 3.01. The third-order valence-corrected chi connectivity index (χ3v) is 4.86. The number of oxazole rings is 1. The maximum absolute atomic E-state index is 12.0. The third-order valence-electron chi connectivity index (χ3n) is 2.78. The number of sulfonamides is 1. The minimum absolute atomic E-state index is 0.00639. The quantitative estimate of drug-likeness (QED) is 0.831. The molecule has 5 nitrogen and oxygen atoms in total. The first-order chi connectivity index (χ1) is 9.43. The van der Waals surface area contributed by atoms with Gasteiger partial charge in [-0.05, 0) is 24.1 Å². The van der Waals surface area contributed by atoms with Crippen LogP contribution >= 0.6 is 11.6 Å². The smallest absolute Gasteiger partial charge is 0.233 e. The fraction of sp³-hybridized carbons (Fsp3) is 0.462. The zero-order valence-electron chi connectivity index (χ0n) is 11.4. The maximum Gasteiger partial charge on any atom is 0.233 e.